The van der Waals surface area contributed by atoms with Gasteiger partial charge in [-0.15, -0.1) is 0 Å². The van der Waals surface area contributed by atoms with Crippen LogP contribution in [-0.2, 0) is 50.7 Å². The van der Waals surface area contributed by atoms with Gasteiger partial charge in [-0.25, -0.2) is 28.6 Å². The maximum absolute atomic E-state index is 12.8. The Morgan fingerprint density at radius 1 is 0.806 bits per heavy atom. The van der Waals surface area contributed by atoms with E-state index in [9.17, 15) is 57.9 Å². The number of nitrogens with zero attached hydrogens (tertiary/aromatic N) is 4. The fourth-order valence-corrected chi connectivity index (χ4v) is 11.4. The monoisotopic (exact) mass is 1100 g/mol. The second kappa shape index (κ2) is 32.2. The molecule has 1 saturated heterocycles. The molecule has 3 heterocycles. The number of carbonyl (C=O) groups excluding carboxylic acids is 3. The first-order chi connectivity index (χ1) is 33.9. The van der Waals surface area contributed by atoms with Gasteiger partial charge < -0.3 is 50.9 Å². The molecule has 0 saturated carbocycles. The third-order valence-corrected chi connectivity index (χ3v) is 16.0. The zero-order chi connectivity index (χ0) is 53.4. The minimum atomic E-state index is -5.58. The molecule has 1 aliphatic heterocycles. The van der Waals surface area contributed by atoms with E-state index in [0.717, 1.165) is 54.2 Å². The quantitative estimate of drug-likeness (QED) is 0.0247. The van der Waals surface area contributed by atoms with E-state index in [4.69, 9.17) is 19.5 Å². The lowest BCUT2D eigenvalue weighted by Crippen LogP contribution is -2.46. The first-order valence-corrected chi connectivity index (χ1v) is 30.5. The predicted molar refractivity (Wildman–Crippen MR) is 270 cm³/mol. The van der Waals surface area contributed by atoms with Gasteiger partial charge in [0.05, 0.1) is 19.5 Å². The molecule has 7 atom stereocenters. The number of anilines is 1. The van der Waals surface area contributed by atoms with Crippen molar-refractivity contribution in [2.75, 3.05) is 37.8 Å². The average molecular weight is 1100 g/mol. The number of phosphoric ester groups is 3. The largest absolute Gasteiger partial charge is 0.481 e. The molecule has 0 spiro atoms. The molecule has 10 N–H and O–H groups in total. The van der Waals surface area contributed by atoms with Crippen LogP contribution in [0.15, 0.2) is 12.7 Å². The summed E-state index contributed by atoms with van der Waals surface area (Å²) in [5.41, 5.74) is 4.30. The van der Waals surface area contributed by atoms with Gasteiger partial charge in [0.1, 0.15) is 36.3 Å². The molecule has 1 aliphatic rings. The molecule has 0 radical (unpaired) electrons. The number of carbonyl (C=O) groups is 3. The Kier molecular flexibility index (Phi) is 28.6. The number of nitrogens with two attached hydrogens (primary N) is 1. The van der Waals surface area contributed by atoms with Gasteiger partial charge in [-0.3, -0.25) is 32.5 Å². The average Bonchev–Trinajstić information content (AvgIpc) is 3.86. The Labute approximate surface area is 426 Å². The molecule has 72 heavy (non-hydrogen) atoms. The van der Waals surface area contributed by atoms with Crippen molar-refractivity contribution in [3.63, 3.8) is 0 Å². The van der Waals surface area contributed by atoms with E-state index in [1.165, 1.54) is 110 Å². The number of rotatable bonds is 39. The number of amides is 2. The molecule has 1 fully saturated rings. The van der Waals surface area contributed by atoms with Crippen LogP contribution in [0.5, 0.6) is 0 Å². The summed E-state index contributed by atoms with van der Waals surface area (Å²) >= 11 is 1.16. The van der Waals surface area contributed by atoms with E-state index in [0.29, 0.717) is 12.2 Å². The Balaban J connectivity index is 1.23. The Hall–Kier alpha value is -2.44. The highest BCUT2D eigenvalue weighted by Crippen LogP contribution is 2.61. The van der Waals surface area contributed by atoms with Crippen LogP contribution < -0.4 is 16.4 Å². The van der Waals surface area contributed by atoms with Crippen LogP contribution in [0.2, 0.25) is 0 Å². The molecule has 28 heteroatoms. The van der Waals surface area contributed by atoms with Gasteiger partial charge in [0.25, 0.3) is 0 Å². The molecule has 3 rings (SSSR count). The number of hydrogen-bond donors (Lipinski definition) is 9. The second-order valence-corrected chi connectivity index (χ2v) is 24.6. The second-order valence-electron chi connectivity index (χ2n) is 19.2. The topological polar surface area (TPSA) is 364 Å². The highest BCUT2D eigenvalue weighted by molar-refractivity contribution is 8.13. The lowest BCUT2D eigenvalue weighted by Gasteiger charge is -2.30. The van der Waals surface area contributed by atoms with Gasteiger partial charge in [-0.2, -0.15) is 4.31 Å². The number of ether oxygens (including phenoxy) is 1. The highest BCUT2D eigenvalue weighted by Gasteiger charge is 2.50. The number of nitrogens with one attached hydrogen (secondary N) is 2. The summed E-state index contributed by atoms with van der Waals surface area (Å²) in [6, 6.07) is 0. The van der Waals surface area contributed by atoms with Crippen LogP contribution in [0.25, 0.3) is 11.2 Å². The minimum Gasteiger partial charge on any atom is -0.386 e. The van der Waals surface area contributed by atoms with Gasteiger partial charge in [0.15, 0.2) is 22.8 Å². The Bertz CT molecular complexity index is 2100. The minimum absolute atomic E-state index is 0.0343. The van der Waals surface area contributed by atoms with Crippen LogP contribution in [-0.4, -0.2) is 123 Å². The summed E-state index contributed by atoms with van der Waals surface area (Å²) in [7, 11) is -16.4. The zero-order valence-electron chi connectivity index (χ0n) is 42.1. The third kappa shape index (κ3) is 24.9. The maximum Gasteiger partial charge on any atom is 0.481 e. The summed E-state index contributed by atoms with van der Waals surface area (Å²) in [4.78, 5) is 88.6. The van der Waals surface area contributed by atoms with E-state index < -0.39 is 84.6 Å². The number of imidazole rings is 1. The van der Waals surface area contributed by atoms with Gasteiger partial charge in [-0.1, -0.05) is 149 Å². The Morgan fingerprint density at radius 3 is 1.93 bits per heavy atom. The molecule has 24 nitrogen and oxygen atoms in total. The standard InChI is InChI=1S/C44H80N7O17P3S/c1-32(2)22-20-18-16-14-12-10-8-6-5-7-9-11-13-15-17-19-21-23-35(53)72-27-26-46-34(52)24-25-47-42(56)39(55)44(3,4)29-65-71(62,63)68-70(60,61)64-28-33-38(67-69(57,58)59)37(54)43(66-33)51-31-50-36-40(45)48-30-49-41(36)51/h30-33,37-39,43,54-55H,5-29H2,1-4H3,(H,46,52)(H,47,56)(H,60,61)(H,62,63)(H2,45,48,49)(H2,57,58,59)/t33-,37-,38-,39+,43-/m0/s1. The molecule has 0 aromatic carbocycles. The highest BCUT2D eigenvalue weighted by atomic mass is 32.2. The number of aromatic nitrogens is 4. The van der Waals surface area contributed by atoms with Crippen LogP contribution in [0, 0.1) is 11.3 Å². The number of thioether (sulfide) groups is 1. The number of phosphoric acid groups is 3. The van der Waals surface area contributed by atoms with E-state index in [-0.39, 0.29) is 41.6 Å². The van der Waals surface area contributed by atoms with Gasteiger partial charge in [0, 0.05) is 37.1 Å². The van der Waals surface area contributed by atoms with Crippen molar-refractivity contribution in [1.82, 2.24) is 30.2 Å². The fraction of sp³-hybridized carbons (Fsp3) is 0.818. The molecule has 2 aromatic rings. The van der Waals surface area contributed by atoms with E-state index in [1.54, 1.807) is 0 Å². The van der Waals surface area contributed by atoms with Crippen LogP contribution >= 0.6 is 35.2 Å². The van der Waals surface area contributed by atoms with Gasteiger partial charge >= 0.3 is 23.5 Å². The first-order valence-electron chi connectivity index (χ1n) is 25.0. The predicted octanol–water partition coefficient (Wildman–Crippen LogP) is 6.73. The van der Waals surface area contributed by atoms with E-state index in [2.05, 4.69) is 48.3 Å². The van der Waals surface area contributed by atoms with Gasteiger partial charge in [-0.05, 0) is 12.3 Å². The third-order valence-electron chi connectivity index (χ3n) is 11.9. The molecular formula is C44H80N7O17P3S. The molecular weight excluding hydrogens is 1020 g/mol. The summed E-state index contributed by atoms with van der Waals surface area (Å²) in [6.45, 7) is 5.19. The van der Waals surface area contributed by atoms with Crippen molar-refractivity contribution in [1.29, 1.82) is 0 Å². The molecule has 414 valence electrons. The normalized spacial score (nSPS) is 19.6. The SMILES string of the molecule is CC(C)CCCCCCCCCCCCCCCCCCCC(=O)SCCNC(=O)CCNC(=O)[C@@H](O)C(C)(C)COP(=O)(O)OP(=O)(O)OC[C@@H]1O[C@H](n2cnc3c(N)ncnc32)[C@@H](O)[C@H]1OP(=O)(O)O. The lowest BCUT2D eigenvalue weighted by atomic mass is 9.87. The molecule has 2 amide bonds. The maximum atomic E-state index is 12.8. The van der Waals surface area contributed by atoms with Gasteiger partial charge in [0.2, 0.25) is 11.8 Å². The zero-order valence-corrected chi connectivity index (χ0v) is 45.6. The number of nitrogen functional groups attached to an aromatic ring is 1. The van der Waals surface area contributed by atoms with Crippen LogP contribution in [0.1, 0.15) is 162 Å². The van der Waals surface area contributed by atoms with Crippen molar-refractivity contribution in [3.05, 3.63) is 12.7 Å². The number of hydrogen-bond acceptors (Lipinski definition) is 18. The smallest absolute Gasteiger partial charge is 0.386 e. The first kappa shape index (κ1) is 63.8. The number of unbranched alkanes of at least 4 members (excludes halogenated alkanes) is 16. The van der Waals surface area contributed by atoms with Crippen molar-refractivity contribution < 1.29 is 80.5 Å². The summed E-state index contributed by atoms with van der Waals surface area (Å²) in [5, 5.41) is 26.7. The van der Waals surface area contributed by atoms with Crippen molar-refractivity contribution in [2.24, 2.45) is 11.3 Å². The number of aliphatic hydroxyl groups excluding tert-OH is 2. The fourth-order valence-electron chi connectivity index (χ4n) is 7.84. The Morgan fingerprint density at radius 2 is 1.36 bits per heavy atom. The summed E-state index contributed by atoms with van der Waals surface area (Å²) in [5.74, 6) is -0.189. The van der Waals surface area contributed by atoms with Crippen LogP contribution in [0.3, 0.4) is 0 Å². The summed E-state index contributed by atoms with van der Waals surface area (Å²) < 4.78 is 62.5. The molecule has 0 aliphatic carbocycles. The number of fused-ring (bicyclic) bond motifs is 1. The lowest BCUT2D eigenvalue weighted by molar-refractivity contribution is -0.137. The molecule has 2 aromatic heterocycles. The number of aliphatic hydroxyl groups is 2. The van der Waals surface area contributed by atoms with Crippen molar-refractivity contribution in [2.45, 2.75) is 187 Å². The summed E-state index contributed by atoms with van der Waals surface area (Å²) in [6.07, 6.45) is 16.6. The van der Waals surface area contributed by atoms with E-state index in [1.807, 2.05) is 0 Å². The van der Waals surface area contributed by atoms with Crippen molar-refractivity contribution >= 4 is 69.1 Å². The molecule has 2 unspecified atom stereocenters. The van der Waals surface area contributed by atoms with E-state index >= 15 is 0 Å². The molecule has 0 bridgehead atoms. The van der Waals surface area contributed by atoms with Crippen molar-refractivity contribution in [3.8, 4) is 0 Å². The van der Waals surface area contributed by atoms with Crippen LogP contribution in [0.4, 0.5) is 5.82 Å².